The molecule has 3 N–H and O–H groups in total. The van der Waals surface area contributed by atoms with E-state index in [2.05, 4.69) is 5.32 Å². The van der Waals surface area contributed by atoms with Crippen molar-refractivity contribution in [2.75, 3.05) is 13.2 Å². The van der Waals surface area contributed by atoms with E-state index < -0.39 is 0 Å². The molecule has 2 aliphatic carbocycles. The van der Waals surface area contributed by atoms with Gasteiger partial charge in [-0.3, -0.25) is 4.79 Å². The van der Waals surface area contributed by atoms with Crippen LogP contribution in [-0.4, -0.2) is 31.2 Å². The highest BCUT2D eigenvalue weighted by molar-refractivity contribution is 5.77. The molecule has 2 unspecified atom stereocenters. The van der Waals surface area contributed by atoms with Crippen LogP contribution in [-0.2, 0) is 9.53 Å². The zero-order valence-corrected chi connectivity index (χ0v) is 10.7. The molecule has 17 heavy (non-hydrogen) atoms. The average Bonchev–Trinajstić information content (AvgIpc) is 2.27. The van der Waals surface area contributed by atoms with E-state index in [1.54, 1.807) is 0 Å². The number of carbonyl (C=O) groups excluding carboxylic acids is 1. The van der Waals surface area contributed by atoms with Crippen LogP contribution in [0.4, 0.5) is 0 Å². The van der Waals surface area contributed by atoms with Crippen molar-refractivity contribution in [3.05, 3.63) is 0 Å². The van der Waals surface area contributed by atoms with Gasteiger partial charge in [-0.1, -0.05) is 6.42 Å². The second kappa shape index (κ2) is 5.83. The van der Waals surface area contributed by atoms with E-state index in [0.717, 1.165) is 12.8 Å². The summed E-state index contributed by atoms with van der Waals surface area (Å²) in [4.78, 5) is 11.7. The smallest absolute Gasteiger partial charge is 0.246 e. The van der Waals surface area contributed by atoms with Crippen molar-refractivity contribution < 1.29 is 9.53 Å². The molecule has 0 aromatic heterocycles. The summed E-state index contributed by atoms with van der Waals surface area (Å²) < 4.78 is 5.14. The minimum atomic E-state index is 0.0317. The highest BCUT2D eigenvalue weighted by Crippen LogP contribution is 2.39. The molecule has 0 radical (unpaired) electrons. The average molecular weight is 240 g/mol. The van der Waals surface area contributed by atoms with Crippen molar-refractivity contribution in [1.82, 2.24) is 5.32 Å². The van der Waals surface area contributed by atoms with Crippen LogP contribution in [0, 0.1) is 11.8 Å². The van der Waals surface area contributed by atoms with Gasteiger partial charge in [-0.15, -0.1) is 0 Å². The molecule has 0 aromatic carbocycles. The molecule has 2 bridgehead atoms. The van der Waals surface area contributed by atoms with Gasteiger partial charge in [0, 0.05) is 18.7 Å². The van der Waals surface area contributed by atoms with Crippen LogP contribution >= 0.6 is 0 Å². The van der Waals surface area contributed by atoms with Crippen LogP contribution in [0.15, 0.2) is 0 Å². The molecule has 0 saturated heterocycles. The number of rotatable bonds is 4. The summed E-state index contributed by atoms with van der Waals surface area (Å²) in [6, 6.07) is 0.682. The maximum absolute atomic E-state index is 11.7. The first kappa shape index (κ1) is 12.8. The van der Waals surface area contributed by atoms with E-state index in [-0.39, 0.29) is 12.5 Å². The number of hydrogen-bond donors (Lipinski definition) is 2. The lowest BCUT2D eigenvalue weighted by Crippen LogP contribution is -2.54. The fraction of sp³-hybridized carbons (Fsp3) is 0.923. The summed E-state index contributed by atoms with van der Waals surface area (Å²) in [5.41, 5.74) is 6.06. The first-order valence-electron chi connectivity index (χ1n) is 6.83. The SMILES string of the molecule is CCOCC(=O)NC1C2CCCC1CC(N)C2. The van der Waals surface area contributed by atoms with Crippen LogP contribution in [0.5, 0.6) is 0 Å². The number of hydrogen-bond acceptors (Lipinski definition) is 3. The molecule has 2 aliphatic rings. The summed E-state index contributed by atoms with van der Waals surface area (Å²) in [6.45, 7) is 2.69. The predicted molar refractivity (Wildman–Crippen MR) is 66.5 cm³/mol. The van der Waals surface area contributed by atoms with Crippen molar-refractivity contribution in [3.8, 4) is 0 Å². The van der Waals surface area contributed by atoms with Crippen molar-refractivity contribution in [3.63, 3.8) is 0 Å². The Balaban J connectivity index is 1.89. The maximum Gasteiger partial charge on any atom is 0.246 e. The Hall–Kier alpha value is -0.610. The van der Waals surface area contributed by atoms with Gasteiger partial charge >= 0.3 is 0 Å². The minimum absolute atomic E-state index is 0.0317. The fourth-order valence-electron chi connectivity index (χ4n) is 3.45. The second-order valence-corrected chi connectivity index (χ2v) is 5.41. The van der Waals surface area contributed by atoms with Crippen molar-refractivity contribution >= 4 is 5.91 Å². The number of ether oxygens (including phenoxy) is 1. The largest absolute Gasteiger partial charge is 0.372 e. The van der Waals surface area contributed by atoms with Gasteiger partial charge in [-0.2, -0.15) is 0 Å². The van der Waals surface area contributed by atoms with Gasteiger partial charge in [-0.05, 0) is 44.4 Å². The summed E-state index contributed by atoms with van der Waals surface area (Å²) >= 11 is 0. The van der Waals surface area contributed by atoms with Gasteiger partial charge in [0.2, 0.25) is 5.91 Å². The van der Waals surface area contributed by atoms with Gasteiger partial charge in [0.25, 0.3) is 0 Å². The first-order chi connectivity index (χ1) is 8.20. The Kier molecular flexibility index (Phi) is 4.40. The Morgan fingerprint density at radius 2 is 2.00 bits per heavy atom. The zero-order chi connectivity index (χ0) is 12.3. The summed E-state index contributed by atoms with van der Waals surface area (Å²) in [7, 11) is 0. The van der Waals surface area contributed by atoms with Gasteiger partial charge in [0.1, 0.15) is 6.61 Å². The minimum Gasteiger partial charge on any atom is -0.372 e. The molecule has 1 amide bonds. The summed E-state index contributed by atoms with van der Waals surface area (Å²) in [6.07, 6.45) is 5.85. The number of nitrogens with two attached hydrogens (primary N) is 1. The van der Waals surface area contributed by atoms with Crippen LogP contribution < -0.4 is 11.1 Å². The highest BCUT2D eigenvalue weighted by atomic mass is 16.5. The Bertz CT molecular complexity index is 256. The molecule has 0 aliphatic heterocycles. The van der Waals surface area contributed by atoms with Crippen LogP contribution in [0.25, 0.3) is 0 Å². The third-order valence-corrected chi connectivity index (χ3v) is 4.14. The van der Waals surface area contributed by atoms with Crippen molar-refractivity contribution in [2.45, 2.75) is 51.1 Å². The van der Waals surface area contributed by atoms with Gasteiger partial charge < -0.3 is 15.8 Å². The molecule has 2 fully saturated rings. The normalized spacial score (nSPS) is 36.6. The van der Waals surface area contributed by atoms with Crippen molar-refractivity contribution in [2.24, 2.45) is 17.6 Å². The molecule has 0 spiro atoms. The molecule has 2 rings (SSSR count). The molecule has 4 heteroatoms. The van der Waals surface area contributed by atoms with E-state index in [1.165, 1.54) is 19.3 Å². The van der Waals surface area contributed by atoms with E-state index in [0.29, 0.717) is 30.5 Å². The number of amides is 1. The molecular formula is C13H24N2O2. The van der Waals surface area contributed by atoms with E-state index in [1.807, 2.05) is 6.92 Å². The molecule has 0 aromatic rings. The monoisotopic (exact) mass is 240 g/mol. The van der Waals surface area contributed by atoms with Gasteiger partial charge in [-0.25, -0.2) is 0 Å². The molecule has 2 atom stereocenters. The lowest BCUT2D eigenvalue weighted by atomic mass is 9.67. The van der Waals surface area contributed by atoms with Gasteiger partial charge in [0.15, 0.2) is 0 Å². The third-order valence-electron chi connectivity index (χ3n) is 4.14. The predicted octanol–water partition coefficient (Wildman–Crippen LogP) is 1.05. The van der Waals surface area contributed by atoms with Crippen LogP contribution in [0.1, 0.15) is 39.0 Å². The number of nitrogens with one attached hydrogen (secondary N) is 1. The zero-order valence-electron chi connectivity index (χ0n) is 10.7. The topological polar surface area (TPSA) is 64.3 Å². The lowest BCUT2D eigenvalue weighted by Gasteiger charge is -2.45. The maximum atomic E-state index is 11.7. The van der Waals surface area contributed by atoms with E-state index >= 15 is 0 Å². The standard InChI is InChI=1S/C13H24N2O2/c1-2-17-8-12(16)15-13-9-4-3-5-10(13)7-11(14)6-9/h9-11,13H,2-8,14H2,1H3,(H,15,16). The number of fused-ring (bicyclic) bond motifs is 2. The highest BCUT2D eigenvalue weighted by Gasteiger charge is 2.39. The Morgan fingerprint density at radius 1 is 1.35 bits per heavy atom. The molecule has 4 nitrogen and oxygen atoms in total. The number of carbonyl (C=O) groups is 1. The van der Waals surface area contributed by atoms with E-state index in [9.17, 15) is 4.79 Å². The quantitative estimate of drug-likeness (QED) is 0.772. The molecule has 2 saturated carbocycles. The first-order valence-corrected chi connectivity index (χ1v) is 6.83. The Morgan fingerprint density at radius 3 is 2.59 bits per heavy atom. The third kappa shape index (κ3) is 3.19. The summed E-state index contributed by atoms with van der Waals surface area (Å²) in [5, 5.41) is 3.16. The molecule has 98 valence electrons. The summed E-state index contributed by atoms with van der Waals surface area (Å²) in [5.74, 6) is 1.20. The Labute approximate surface area is 103 Å². The fourth-order valence-corrected chi connectivity index (χ4v) is 3.45. The van der Waals surface area contributed by atoms with Crippen LogP contribution in [0.3, 0.4) is 0 Å². The second-order valence-electron chi connectivity index (χ2n) is 5.41. The molecular weight excluding hydrogens is 216 g/mol. The molecule has 0 heterocycles. The van der Waals surface area contributed by atoms with E-state index in [4.69, 9.17) is 10.5 Å². The van der Waals surface area contributed by atoms with Crippen LogP contribution in [0.2, 0.25) is 0 Å². The van der Waals surface area contributed by atoms with Gasteiger partial charge in [0.05, 0.1) is 0 Å². The van der Waals surface area contributed by atoms with Crippen molar-refractivity contribution in [1.29, 1.82) is 0 Å². The lowest BCUT2D eigenvalue weighted by molar-refractivity contribution is -0.127.